The Morgan fingerprint density at radius 2 is 1.17 bits per heavy atom. The lowest BCUT2D eigenvalue weighted by atomic mass is 10.0. The van der Waals surface area contributed by atoms with E-state index in [-0.39, 0.29) is 11.8 Å². The Morgan fingerprint density at radius 3 is 1.54 bits per heavy atom. The molecule has 0 N–H and O–H groups in total. The van der Waals surface area contributed by atoms with Crippen LogP contribution in [0.4, 0.5) is 0 Å². The molecule has 0 aromatic heterocycles. The summed E-state index contributed by atoms with van der Waals surface area (Å²) in [5.74, 6) is 0.189. The summed E-state index contributed by atoms with van der Waals surface area (Å²) in [6.45, 7) is 0. The summed E-state index contributed by atoms with van der Waals surface area (Å²) < 4.78 is 0. The van der Waals surface area contributed by atoms with Crippen molar-refractivity contribution >= 4 is 23.2 Å². The molecule has 4 rings (SSSR count). The smallest absolute Gasteiger partial charge is 0.0718 e. The molecule has 0 bridgehead atoms. The van der Waals surface area contributed by atoms with Crippen LogP contribution in [-0.4, -0.2) is 0 Å². The molecule has 0 saturated carbocycles. The molecule has 2 aromatic carbocycles. The molecule has 2 atom stereocenters. The lowest BCUT2D eigenvalue weighted by Gasteiger charge is -2.00. The summed E-state index contributed by atoms with van der Waals surface area (Å²) in [6, 6.07) is 16.2. The number of fused-ring (bicyclic) bond motifs is 2. The van der Waals surface area contributed by atoms with E-state index < -0.39 is 0 Å². The summed E-state index contributed by atoms with van der Waals surface area (Å²) in [7, 11) is 0. The summed E-state index contributed by atoms with van der Waals surface area (Å²) >= 11 is 11.7. The quantitative estimate of drug-likeness (QED) is 0.601. The van der Waals surface area contributed by atoms with Gasteiger partial charge in [-0.25, -0.2) is 0 Å². The van der Waals surface area contributed by atoms with Crippen molar-refractivity contribution in [1.29, 1.82) is 10.5 Å². The van der Waals surface area contributed by atoms with E-state index in [1.165, 1.54) is 22.3 Å². The van der Waals surface area contributed by atoms with Crippen molar-refractivity contribution < 1.29 is 0 Å². The van der Waals surface area contributed by atoms with Crippen molar-refractivity contribution in [3.05, 3.63) is 68.7 Å². The Hall–Kier alpha value is -2.00. The molecule has 0 saturated heterocycles. The summed E-state index contributed by atoms with van der Waals surface area (Å²) in [6.07, 6.45) is 3.89. The van der Waals surface area contributed by atoms with Crippen LogP contribution >= 0.6 is 23.2 Å². The summed E-state index contributed by atoms with van der Waals surface area (Å²) in [5.41, 5.74) is 4.83. The van der Waals surface area contributed by atoms with Crippen molar-refractivity contribution in [2.45, 2.75) is 37.5 Å². The Morgan fingerprint density at radius 1 is 0.750 bits per heavy atom. The third-order valence-corrected chi connectivity index (χ3v) is 5.15. The first-order chi connectivity index (χ1) is 11.6. The van der Waals surface area contributed by atoms with Gasteiger partial charge in [-0.05, 0) is 72.2 Å². The van der Waals surface area contributed by atoms with Crippen LogP contribution in [0.25, 0.3) is 0 Å². The second-order valence-corrected chi connectivity index (χ2v) is 7.00. The van der Waals surface area contributed by atoms with Gasteiger partial charge < -0.3 is 0 Å². The van der Waals surface area contributed by atoms with Gasteiger partial charge in [-0.2, -0.15) is 10.5 Å². The first-order valence-electron chi connectivity index (χ1n) is 7.98. The maximum Gasteiger partial charge on any atom is 0.0718 e. The second-order valence-electron chi connectivity index (χ2n) is 6.13. The van der Waals surface area contributed by atoms with E-state index in [0.717, 1.165) is 35.7 Å². The molecule has 120 valence electrons. The molecular weight excluding hydrogens is 339 g/mol. The molecule has 0 amide bonds. The molecule has 0 heterocycles. The Bertz CT molecular complexity index is 774. The van der Waals surface area contributed by atoms with Gasteiger partial charge in [-0.15, -0.1) is 0 Å². The minimum absolute atomic E-state index is 0.0947. The molecular formula is C20H16Cl2N2. The van der Waals surface area contributed by atoms with Gasteiger partial charge in [-0.3, -0.25) is 0 Å². The zero-order chi connectivity index (χ0) is 17.1. The van der Waals surface area contributed by atoms with Crippen LogP contribution in [0.1, 0.15) is 46.9 Å². The van der Waals surface area contributed by atoms with Crippen LogP contribution in [0.3, 0.4) is 0 Å². The van der Waals surface area contributed by atoms with Gasteiger partial charge in [0.15, 0.2) is 0 Å². The normalized spacial score (nSPS) is 20.2. The molecule has 24 heavy (non-hydrogen) atoms. The highest BCUT2D eigenvalue weighted by Gasteiger charge is 2.22. The molecule has 2 aliphatic carbocycles. The molecule has 4 heteroatoms. The van der Waals surface area contributed by atoms with Gasteiger partial charge in [0.05, 0.1) is 24.0 Å². The third-order valence-electron chi connectivity index (χ3n) is 4.68. The van der Waals surface area contributed by atoms with Crippen molar-refractivity contribution in [2.75, 3.05) is 0 Å². The van der Waals surface area contributed by atoms with Gasteiger partial charge in [0.1, 0.15) is 0 Å². The Balaban J connectivity index is 0.000000141. The topological polar surface area (TPSA) is 47.6 Å². The minimum atomic E-state index is 0.0947. The maximum atomic E-state index is 8.80. The number of hydrogen-bond acceptors (Lipinski definition) is 2. The van der Waals surface area contributed by atoms with Crippen molar-refractivity contribution in [3.8, 4) is 12.1 Å². The van der Waals surface area contributed by atoms with E-state index in [1.807, 2.05) is 36.4 Å². The largest absolute Gasteiger partial charge is 0.198 e. The van der Waals surface area contributed by atoms with Gasteiger partial charge in [0.25, 0.3) is 0 Å². The zero-order valence-corrected chi connectivity index (χ0v) is 14.6. The number of benzene rings is 2. The summed E-state index contributed by atoms with van der Waals surface area (Å²) in [5, 5.41) is 19.1. The Labute approximate surface area is 152 Å². The SMILES string of the molecule is N#C[C@@H]1CCc2cc(Cl)ccc21.N#C[C@H]1CCc2cc(Cl)ccc21. The minimum Gasteiger partial charge on any atom is -0.198 e. The predicted molar refractivity (Wildman–Crippen MR) is 96.3 cm³/mol. The first-order valence-corrected chi connectivity index (χ1v) is 8.74. The van der Waals surface area contributed by atoms with E-state index in [4.69, 9.17) is 33.7 Å². The number of hydrogen-bond donors (Lipinski definition) is 0. The molecule has 0 unspecified atom stereocenters. The molecule has 0 spiro atoms. The molecule has 2 nitrogen and oxygen atoms in total. The number of rotatable bonds is 0. The van der Waals surface area contributed by atoms with Crippen LogP contribution in [0.15, 0.2) is 36.4 Å². The molecule has 0 radical (unpaired) electrons. The zero-order valence-electron chi connectivity index (χ0n) is 13.1. The lowest BCUT2D eigenvalue weighted by molar-refractivity contribution is 0.826. The van der Waals surface area contributed by atoms with Crippen LogP contribution < -0.4 is 0 Å². The molecule has 2 aromatic rings. The van der Waals surface area contributed by atoms with Crippen molar-refractivity contribution in [3.63, 3.8) is 0 Å². The Kier molecular flexibility index (Phi) is 5.10. The first kappa shape index (κ1) is 16.8. The monoisotopic (exact) mass is 354 g/mol. The fourth-order valence-electron chi connectivity index (χ4n) is 3.44. The van der Waals surface area contributed by atoms with Crippen LogP contribution in [-0.2, 0) is 12.8 Å². The number of halogens is 2. The highest BCUT2D eigenvalue weighted by molar-refractivity contribution is 6.30. The maximum absolute atomic E-state index is 8.80. The second kappa shape index (κ2) is 7.27. The predicted octanol–water partition coefficient (Wildman–Crippen LogP) is 5.79. The highest BCUT2D eigenvalue weighted by atomic mass is 35.5. The van der Waals surface area contributed by atoms with E-state index >= 15 is 0 Å². The molecule has 0 fully saturated rings. The van der Waals surface area contributed by atoms with Gasteiger partial charge in [0.2, 0.25) is 0 Å². The van der Waals surface area contributed by atoms with Crippen molar-refractivity contribution in [1.82, 2.24) is 0 Å². The fourth-order valence-corrected chi connectivity index (χ4v) is 3.83. The number of nitrogens with zero attached hydrogens (tertiary/aromatic N) is 2. The fraction of sp³-hybridized carbons (Fsp3) is 0.300. The van der Waals surface area contributed by atoms with Gasteiger partial charge in [0, 0.05) is 10.0 Å². The van der Waals surface area contributed by atoms with Crippen molar-refractivity contribution in [2.24, 2.45) is 0 Å². The molecule has 0 aliphatic heterocycles. The van der Waals surface area contributed by atoms with E-state index in [1.54, 1.807) is 0 Å². The van der Waals surface area contributed by atoms with Crippen LogP contribution in [0, 0.1) is 22.7 Å². The average Bonchev–Trinajstić information content (AvgIpc) is 3.17. The third kappa shape index (κ3) is 3.41. The van der Waals surface area contributed by atoms with E-state index in [9.17, 15) is 0 Å². The highest BCUT2D eigenvalue weighted by Crippen LogP contribution is 2.34. The van der Waals surface area contributed by atoms with E-state index in [2.05, 4.69) is 12.1 Å². The standard InChI is InChI=1S/2C10H8ClN/c2*11-9-3-4-10-7(5-9)1-2-8(10)6-12/h2*3-5,8H,1-2H2/t2*8-/m10/s1. The van der Waals surface area contributed by atoms with Crippen LogP contribution in [0.2, 0.25) is 10.0 Å². The lowest BCUT2D eigenvalue weighted by Crippen LogP contribution is -1.87. The molecule has 2 aliphatic rings. The number of nitriles is 2. The number of aryl methyl sites for hydroxylation is 2. The summed E-state index contributed by atoms with van der Waals surface area (Å²) in [4.78, 5) is 0. The van der Waals surface area contributed by atoms with Crippen LogP contribution in [0.5, 0.6) is 0 Å². The van der Waals surface area contributed by atoms with E-state index in [0.29, 0.717) is 0 Å². The van der Waals surface area contributed by atoms with Gasteiger partial charge in [-0.1, -0.05) is 35.3 Å². The van der Waals surface area contributed by atoms with Gasteiger partial charge >= 0.3 is 0 Å². The average molecular weight is 355 g/mol.